The molecule has 1 aliphatic heterocycles. The molecular formula is C13H13NO2. The zero-order chi connectivity index (χ0) is 11.6. The summed E-state index contributed by atoms with van der Waals surface area (Å²) in [4.78, 5) is 11.5. The topological polar surface area (TPSA) is 49.3 Å². The van der Waals surface area contributed by atoms with Crippen LogP contribution in [0.5, 0.6) is 0 Å². The first-order valence-corrected chi connectivity index (χ1v) is 5.08. The second-order valence-corrected chi connectivity index (χ2v) is 3.85. The van der Waals surface area contributed by atoms with Gasteiger partial charge in [0.05, 0.1) is 0 Å². The molecule has 0 aromatic heterocycles. The Morgan fingerprint density at radius 1 is 1.31 bits per heavy atom. The number of carboxylic acids is 1. The molecule has 1 unspecified atom stereocenters. The molecule has 1 heterocycles. The van der Waals surface area contributed by atoms with E-state index in [9.17, 15) is 9.90 Å². The normalized spacial score (nSPS) is 23.4. The number of allylic oxidation sites excluding steroid dienone is 2. The number of benzene rings is 1. The van der Waals surface area contributed by atoms with Crippen molar-refractivity contribution in [1.82, 2.24) is 5.32 Å². The fraction of sp³-hybridized carbons (Fsp3) is 0.154. The zero-order valence-corrected chi connectivity index (χ0v) is 8.97. The summed E-state index contributed by atoms with van der Waals surface area (Å²) >= 11 is 0. The molecule has 0 fully saturated rings. The number of hydrogen-bond acceptors (Lipinski definition) is 2. The zero-order valence-electron chi connectivity index (χ0n) is 8.97. The van der Waals surface area contributed by atoms with Crippen molar-refractivity contribution in [2.45, 2.75) is 12.5 Å². The highest BCUT2D eigenvalue weighted by molar-refractivity contribution is 5.84. The first kappa shape index (κ1) is 10.5. The Morgan fingerprint density at radius 2 is 2.00 bits per heavy atom. The highest BCUT2D eigenvalue weighted by Crippen LogP contribution is 2.27. The van der Waals surface area contributed by atoms with Gasteiger partial charge in [-0.05, 0) is 30.8 Å². The van der Waals surface area contributed by atoms with Crippen LogP contribution in [0.3, 0.4) is 0 Å². The van der Waals surface area contributed by atoms with Gasteiger partial charge in [-0.2, -0.15) is 0 Å². The van der Waals surface area contributed by atoms with E-state index in [4.69, 9.17) is 0 Å². The summed E-state index contributed by atoms with van der Waals surface area (Å²) in [6.45, 7) is 1.89. The van der Waals surface area contributed by atoms with Gasteiger partial charge in [-0.3, -0.25) is 0 Å². The van der Waals surface area contributed by atoms with Crippen molar-refractivity contribution >= 4 is 5.97 Å². The fourth-order valence-electron chi connectivity index (χ4n) is 1.85. The van der Waals surface area contributed by atoms with Crippen LogP contribution in [-0.4, -0.2) is 11.1 Å². The van der Waals surface area contributed by atoms with Gasteiger partial charge in [-0.15, -0.1) is 0 Å². The van der Waals surface area contributed by atoms with Crippen molar-refractivity contribution in [3.8, 4) is 0 Å². The smallest absolute Gasteiger partial charge is 0.338 e. The third kappa shape index (κ3) is 1.60. The first-order chi connectivity index (χ1) is 7.65. The van der Waals surface area contributed by atoms with Crippen LogP contribution >= 0.6 is 0 Å². The fourth-order valence-corrected chi connectivity index (χ4v) is 1.85. The van der Waals surface area contributed by atoms with E-state index >= 15 is 0 Å². The van der Waals surface area contributed by atoms with Gasteiger partial charge in [-0.1, -0.05) is 35.9 Å². The minimum absolute atomic E-state index is 0.728. The molecule has 2 N–H and O–H groups in total. The van der Waals surface area contributed by atoms with Gasteiger partial charge in [-0.25, -0.2) is 4.79 Å². The first-order valence-electron chi connectivity index (χ1n) is 5.08. The Balaban J connectivity index is 2.54. The number of carboxylic acid groups (broad SMARTS) is 1. The van der Waals surface area contributed by atoms with E-state index in [1.54, 1.807) is 12.3 Å². The Bertz CT molecular complexity index is 462. The van der Waals surface area contributed by atoms with Crippen LogP contribution < -0.4 is 5.32 Å². The Morgan fingerprint density at radius 3 is 2.56 bits per heavy atom. The van der Waals surface area contributed by atoms with Crippen LogP contribution in [0.1, 0.15) is 12.5 Å². The number of aliphatic carboxylic acids is 1. The number of carbonyl (C=O) groups is 1. The number of nitrogens with one attached hydrogen (secondary N) is 1. The molecule has 0 saturated carbocycles. The highest BCUT2D eigenvalue weighted by atomic mass is 16.4. The van der Waals surface area contributed by atoms with Crippen LogP contribution in [0.15, 0.2) is 54.3 Å². The van der Waals surface area contributed by atoms with Gasteiger partial charge in [0.1, 0.15) is 0 Å². The Labute approximate surface area is 94.1 Å². The molecule has 2 rings (SSSR count). The van der Waals surface area contributed by atoms with Gasteiger partial charge in [0, 0.05) is 0 Å². The summed E-state index contributed by atoms with van der Waals surface area (Å²) in [6, 6.07) is 9.16. The molecule has 0 amide bonds. The standard InChI is InChI=1S/C13H13NO2/c1-10-7-8-14-13(9-10,12(15)16)11-5-3-2-4-6-11/h2-9,14H,1H3,(H,15,16). The monoisotopic (exact) mass is 215 g/mol. The van der Waals surface area contributed by atoms with Crippen molar-refractivity contribution < 1.29 is 9.90 Å². The molecule has 0 radical (unpaired) electrons. The second-order valence-electron chi connectivity index (χ2n) is 3.85. The average molecular weight is 215 g/mol. The Hall–Kier alpha value is -2.03. The quantitative estimate of drug-likeness (QED) is 0.793. The van der Waals surface area contributed by atoms with Crippen LogP contribution in [0.2, 0.25) is 0 Å². The lowest BCUT2D eigenvalue weighted by molar-refractivity contribution is -0.142. The molecule has 82 valence electrons. The average Bonchev–Trinajstić information content (AvgIpc) is 2.30. The molecule has 1 aromatic carbocycles. The maximum absolute atomic E-state index is 11.5. The van der Waals surface area contributed by atoms with E-state index in [0.29, 0.717) is 0 Å². The molecule has 3 heteroatoms. The molecule has 1 aliphatic rings. The predicted octanol–water partition coefficient (Wildman–Crippen LogP) is 2.03. The van der Waals surface area contributed by atoms with Crippen molar-refractivity contribution in [2.24, 2.45) is 0 Å². The lowest BCUT2D eigenvalue weighted by atomic mass is 9.86. The Kier molecular flexibility index (Phi) is 2.52. The van der Waals surface area contributed by atoms with Crippen molar-refractivity contribution in [3.05, 3.63) is 59.8 Å². The van der Waals surface area contributed by atoms with Gasteiger partial charge in [0.15, 0.2) is 5.54 Å². The van der Waals surface area contributed by atoms with Crippen LogP contribution in [0, 0.1) is 0 Å². The third-order valence-corrected chi connectivity index (χ3v) is 2.67. The van der Waals surface area contributed by atoms with Gasteiger partial charge in [0.2, 0.25) is 0 Å². The van der Waals surface area contributed by atoms with Crippen molar-refractivity contribution in [2.75, 3.05) is 0 Å². The van der Waals surface area contributed by atoms with Crippen LogP contribution in [0.25, 0.3) is 0 Å². The molecular weight excluding hydrogens is 202 g/mol. The molecule has 3 nitrogen and oxygen atoms in total. The number of dihydropyridines is 1. The van der Waals surface area contributed by atoms with E-state index in [1.165, 1.54) is 0 Å². The summed E-state index contributed by atoms with van der Waals surface area (Å²) in [7, 11) is 0. The molecule has 0 spiro atoms. The largest absolute Gasteiger partial charge is 0.479 e. The SMILES string of the molecule is CC1=CC(C(=O)O)(c2ccccc2)NC=C1. The second kappa shape index (κ2) is 3.85. The van der Waals surface area contributed by atoms with E-state index in [1.807, 2.05) is 43.3 Å². The summed E-state index contributed by atoms with van der Waals surface area (Å²) in [5.74, 6) is -0.901. The summed E-state index contributed by atoms with van der Waals surface area (Å²) in [5.41, 5.74) is 0.524. The lowest BCUT2D eigenvalue weighted by Crippen LogP contribution is -2.46. The van der Waals surface area contributed by atoms with Crippen molar-refractivity contribution in [1.29, 1.82) is 0 Å². The molecule has 16 heavy (non-hydrogen) atoms. The maximum atomic E-state index is 11.5. The van der Waals surface area contributed by atoms with E-state index in [-0.39, 0.29) is 0 Å². The number of rotatable bonds is 2. The molecule has 1 aromatic rings. The number of hydrogen-bond donors (Lipinski definition) is 2. The summed E-state index contributed by atoms with van der Waals surface area (Å²) in [5, 5.41) is 12.3. The third-order valence-electron chi connectivity index (χ3n) is 2.67. The molecule has 1 atom stereocenters. The minimum Gasteiger partial charge on any atom is -0.479 e. The van der Waals surface area contributed by atoms with E-state index in [0.717, 1.165) is 11.1 Å². The van der Waals surface area contributed by atoms with E-state index < -0.39 is 11.5 Å². The maximum Gasteiger partial charge on any atom is 0.338 e. The summed E-state index contributed by atoms with van der Waals surface area (Å²) in [6.07, 6.45) is 5.26. The molecule has 0 saturated heterocycles. The van der Waals surface area contributed by atoms with Gasteiger partial charge >= 0.3 is 5.97 Å². The summed E-state index contributed by atoms with van der Waals surface area (Å²) < 4.78 is 0. The molecule has 0 aliphatic carbocycles. The molecule has 0 bridgehead atoms. The lowest BCUT2D eigenvalue weighted by Gasteiger charge is -2.30. The van der Waals surface area contributed by atoms with Gasteiger partial charge < -0.3 is 10.4 Å². The van der Waals surface area contributed by atoms with Gasteiger partial charge in [0.25, 0.3) is 0 Å². The van der Waals surface area contributed by atoms with E-state index in [2.05, 4.69) is 5.32 Å². The minimum atomic E-state index is -1.14. The van der Waals surface area contributed by atoms with Crippen molar-refractivity contribution in [3.63, 3.8) is 0 Å². The van der Waals surface area contributed by atoms with Crippen LogP contribution in [-0.2, 0) is 10.3 Å². The highest BCUT2D eigenvalue weighted by Gasteiger charge is 2.38. The van der Waals surface area contributed by atoms with Crippen LogP contribution in [0.4, 0.5) is 0 Å². The predicted molar refractivity (Wildman–Crippen MR) is 61.8 cm³/mol.